The minimum atomic E-state index is -3.10. The summed E-state index contributed by atoms with van der Waals surface area (Å²) in [6.07, 6.45) is 1.42. The summed E-state index contributed by atoms with van der Waals surface area (Å²) in [6, 6.07) is 7.20. The van der Waals surface area contributed by atoms with Gasteiger partial charge in [-0.05, 0) is 30.5 Å². The van der Waals surface area contributed by atoms with E-state index in [1.807, 2.05) is 12.1 Å². The van der Waals surface area contributed by atoms with Crippen molar-refractivity contribution < 1.29 is 18.3 Å². The molecule has 1 amide bonds. The second kappa shape index (κ2) is 6.54. The summed E-state index contributed by atoms with van der Waals surface area (Å²) in [5.74, 6) is 0. The van der Waals surface area contributed by atoms with Crippen molar-refractivity contribution in [1.82, 2.24) is 9.80 Å². The molecule has 24 heavy (non-hydrogen) atoms. The molecular weight excluding hydrogens is 352 g/mol. The third-order valence-corrected chi connectivity index (χ3v) is 6.82. The summed E-state index contributed by atoms with van der Waals surface area (Å²) in [5, 5.41) is 9.80. The van der Waals surface area contributed by atoms with E-state index in [1.165, 1.54) is 11.2 Å². The third-order valence-electron chi connectivity index (χ3n) is 5.02. The van der Waals surface area contributed by atoms with Crippen molar-refractivity contribution in [3.8, 4) is 0 Å². The van der Waals surface area contributed by atoms with E-state index in [2.05, 4.69) is 4.90 Å². The SMILES string of the molecule is CS(=O)(=O)[C@H]1C[C@H]2CN(C(=O)O)[C@@H](Cc3ccc(Cl)cc3)CN2C1. The molecule has 0 aromatic heterocycles. The molecule has 8 heteroatoms. The lowest BCUT2D eigenvalue weighted by Crippen LogP contribution is -2.58. The van der Waals surface area contributed by atoms with Crippen LogP contribution in [0.5, 0.6) is 0 Å². The molecule has 2 aliphatic heterocycles. The molecule has 2 aliphatic rings. The van der Waals surface area contributed by atoms with Gasteiger partial charge in [0.2, 0.25) is 0 Å². The van der Waals surface area contributed by atoms with Crippen LogP contribution in [0.2, 0.25) is 5.02 Å². The second-order valence-electron chi connectivity index (χ2n) is 6.71. The van der Waals surface area contributed by atoms with E-state index < -0.39 is 21.2 Å². The zero-order valence-electron chi connectivity index (χ0n) is 13.4. The lowest BCUT2D eigenvalue weighted by molar-refractivity contribution is 0.0504. The molecule has 1 aromatic rings. The zero-order valence-corrected chi connectivity index (χ0v) is 15.0. The average Bonchev–Trinajstić information content (AvgIpc) is 2.92. The Bertz CT molecular complexity index is 722. The minimum absolute atomic E-state index is 0.0118. The van der Waals surface area contributed by atoms with E-state index in [0.29, 0.717) is 37.5 Å². The summed E-state index contributed by atoms with van der Waals surface area (Å²) in [4.78, 5) is 15.2. The van der Waals surface area contributed by atoms with Crippen LogP contribution in [0.4, 0.5) is 4.79 Å². The van der Waals surface area contributed by atoms with Crippen LogP contribution in [0.25, 0.3) is 0 Å². The number of sulfone groups is 1. The van der Waals surface area contributed by atoms with Gasteiger partial charge in [-0.2, -0.15) is 0 Å². The smallest absolute Gasteiger partial charge is 0.407 e. The number of hydrogen-bond donors (Lipinski definition) is 1. The van der Waals surface area contributed by atoms with Gasteiger partial charge >= 0.3 is 6.09 Å². The Morgan fingerprint density at radius 1 is 1.25 bits per heavy atom. The number of carboxylic acid groups (broad SMARTS) is 1. The number of amides is 1. The third kappa shape index (κ3) is 3.68. The van der Waals surface area contributed by atoms with Gasteiger partial charge < -0.3 is 10.0 Å². The predicted molar refractivity (Wildman–Crippen MR) is 92.3 cm³/mol. The number of benzene rings is 1. The highest BCUT2D eigenvalue weighted by Crippen LogP contribution is 2.29. The first-order valence-electron chi connectivity index (χ1n) is 7.91. The molecule has 3 atom stereocenters. The number of piperazine rings is 1. The van der Waals surface area contributed by atoms with Gasteiger partial charge in [-0.15, -0.1) is 0 Å². The van der Waals surface area contributed by atoms with Crippen LogP contribution in [0.1, 0.15) is 12.0 Å². The number of nitrogens with zero attached hydrogens (tertiary/aromatic N) is 2. The fourth-order valence-electron chi connectivity index (χ4n) is 3.71. The van der Waals surface area contributed by atoms with Gasteiger partial charge in [-0.1, -0.05) is 23.7 Å². The van der Waals surface area contributed by atoms with Gasteiger partial charge in [0, 0.05) is 37.0 Å². The number of hydrogen-bond acceptors (Lipinski definition) is 4. The van der Waals surface area contributed by atoms with E-state index in [4.69, 9.17) is 11.6 Å². The van der Waals surface area contributed by atoms with E-state index in [0.717, 1.165) is 5.56 Å². The highest BCUT2D eigenvalue weighted by atomic mass is 35.5. The van der Waals surface area contributed by atoms with Gasteiger partial charge in [0.05, 0.1) is 11.3 Å². The molecule has 3 rings (SSSR count). The van der Waals surface area contributed by atoms with Gasteiger partial charge in [-0.3, -0.25) is 4.90 Å². The van der Waals surface area contributed by atoms with Gasteiger partial charge in [0.1, 0.15) is 0 Å². The monoisotopic (exact) mass is 372 g/mol. The molecule has 2 fully saturated rings. The van der Waals surface area contributed by atoms with Crippen LogP contribution in [-0.2, 0) is 16.3 Å². The largest absolute Gasteiger partial charge is 0.465 e. The van der Waals surface area contributed by atoms with Crippen LogP contribution in [0.3, 0.4) is 0 Å². The molecule has 0 saturated carbocycles. The van der Waals surface area contributed by atoms with Crippen LogP contribution >= 0.6 is 11.6 Å². The molecule has 6 nitrogen and oxygen atoms in total. The Labute approximate surface area is 146 Å². The number of rotatable bonds is 3. The summed E-state index contributed by atoms with van der Waals surface area (Å²) in [7, 11) is -3.10. The maximum atomic E-state index is 11.8. The van der Waals surface area contributed by atoms with Crippen molar-refractivity contribution in [3.05, 3.63) is 34.9 Å². The molecule has 0 bridgehead atoms. The van der Waals surface area contributed by atoms with Crippen molar-refractivity contribution in [3.63, 3.8) is 0 Å². The first-order chi connectivity index (χ1) is 11.2. The number of carbonyl (C=O) groups is 1. The molecule has 1 aromatic carbocycles. The Hall–Kier alpha value is -1.31. The van der Waals surface area contributed by atoms with Crippen LogP contribution in [0.15, 0.2) is 24.3 Å². The molecule has 132 valence electrons. The Morgan fingerprint density at radius 3 is 2.50 bits per heavy atom. The Kier molecular flexibility index (Phi) is 4.77. The van der Waals surface area contributed by atoms with Gasteiger partial charge in [-0.25, -0.2) is 13.2 Å². The van der Waals surface area contributed by atoms with E-state index in [-0.39, 0.29) is 12.1 Å². The maximum absolute atomic E-state index is 11.8. The maximum Gasteiger partial charge on any atom is 0.407 e. The molecule has 0 aliphatic carbocycles. The van der Waals surface area contributed by atoms with E-state index in [1.54, 1.807) is 12.1 Å². The standard InChI is InChI=1S/C16H21ClN2O4S/c1-24(22,23)15-7-13-9-19(16(20)21)14(8-18(13)10-15)6-11-2-4-12(17)5-3-11/h2-5,13-15H,6-10H2,1H3,(H,20,21)/t13-,14-,15-/m0/s1. The summed E-state index contributed by atoms with van der Waals surface area (Å²) in [6.45, 7) is 1.42. The lowest BCUT2D eigenvalue weighted by atomic mass is 10.0. The molecule has 1 N–H and O–H groups in total. The van der Waals surface area contributed by atoms with E-state index >= 15 is 0 Å². The van der Waals surface area contributed by atoms with Crippen molar-refractivity contribution >= 4 is 27.5 Å². The van der Waals surface area contributed by atoms with Crippen molar-refractivity contribution in [2.75, 3.05) is 25.9 Å². The Morgan fingerprint density at radius 2 is 1.92 bits per heavy atom. The summed E-state index contributed by atoms with van der Waals surface area (Å²) < 4.78 is 23.7. The molecule has 0 spiro atoms. The van der Waals surface area contributed by atoms with Crippen molar-refractivity contribution in [2.24, 2.45) is 0 Å². The number of fused-ring (bicyclic) bond motifs is 1. The van der Waals surface area contributed by atoms with E-state index in [9.17, 15) is 18.3 Å². The van der Waals surface area contributed by atoms with Crippen LogP contribution in [-0.4, -0.2) is 72.6 Å². The number of halogens is 1. The first kappa shape index (κ1) is 17.5. The van der Waals surface area contributed by atoms with Crippen molar-refractivity contribution in [1.29, 1.82) is 0 Å². The molecular formula is C16H21ClN2O4S. The van der Waals surface area contributed by atoms with Gasteiger partial charge in [0.25, 0.3) is 0 Å². The fourth-order valence-corrected chi connectivity index (χ4v) is 4.87. The molecule has 0 radical (unpaired) electrons. The van der Waals surface area contributed by atoms with Crippen molar-refractivity contribution in [2.45, 2.75) is 30.2 Å². The molecule has 0 unspecified atom stereocenters. The highest BCUT2D eigenvalue weighted by Gasteiger charge is 2.44. The fraction of sp³-hybridized carbons (Fsp3) is 0.562. The lowest BCUT2D eigenvalue weighted by Gasteiger charge is -2.42. The molecule has 2 saturated heterocycles. The van der Waals surface area contributed by atoms with Crippen LogP contribution in [0, 0.1) is 0 Å². The summed E-state index contributed by atoms with van der Waals surface area (Å²) >= 11 is 5.90. The first-order valence-corrected chi connectivity index (χ1v) is 10.2. The molecule has 2 heterocycles. The van der Waals surface area contributed by atoms with Gasteiger partial charge in [0.15, 0.2) is 9.84 Å². The van der Waals surface area contributed by atoms with Crippen LogP contribution < -0.4 is 0 Å². The quantitative estimate of drug-likeness (QED) is 0.874. The predicted octanol–water partition coefficient (Wildman–Crippen LogP) is 1.73. The normalized spacial score (nSPS) is 27.9. The Balaban J connectivity index is 1.76. The highest BCUT2D eigenvalue weighted by molar-refractivity contribution is 7.91. The summed E-state index contributed by atoms with van der Waals surface area (Å²) in [5.41, 5.74) is 1.02. The zero-order chi connectivity index (χ0) is 17.5. The minimum Gasteiger partial charge on any atom is -0.465 e. The topological polar surface area (TPSA) is 77.9 Å². The second-order valence-corrected chi connectivity index (χ2v) is 9.48. The average molecular weight is 373 g/mol.